The highest BCUT2D eigenvalue weighted by molar-refractivity contribution is 7.10. The Morgan fingerprint density at radius 1 is 1.63 bits per heavy atom. The monoisotopic (exact) mass is 279 g/mol. The number of ether oxygens (including phenoxy) is 1. The predicted molar refractivity (Wildman–Crippen MR) is 74.8 cm³/mol. The van der Waals surface area contributed by atoms with E-state index in [1.165, 1.54) is 0 Å². The minimum Gasteiger partial charge on any atom is -0.379 e. The molecule has 0 spiro atoms. The van der Waals surface area contributed by atoms with Gasteiger partial charge in [-0.2, -0.15) is 0 Å². The molecule has 2 rings (SSSR count). The molecule has 1 aliphatic rings. The molecule has 1 fully saturated rings. The number of hydrogen-bond donors (Lipinski definition) is 3. The van der Waals surface area contributed by atoms with Gasteiger partial charge in [0.2, 0.25) is 0 Å². The highest BCUT2D eigenvalue weighted by Crippen LogP contribution is 2.15. The van der Waals surface area contributed by atoms with Gasteiger partial charge in [0.1, 0.15) is 0 Å². The van der Waals surface area contributed by atoms with Crippen molar-refractivity contribution >= 4 is 17.4 Å². The molecule has 5 nitrogen and oxygen atoms in total. The lowest BCUT2D eigenvalue weighted by molar-refractivity contribution is 0.188. The third-order valence-corrected chi connectivity index (χ3v) is 3.67. The van der Waals surface area contributed by atoms with Gasteiger partial charge < -0.3 is 21.1 Å². The van der Waals surface area contributed by atoms with Crippen molar-refractivity contribution < 1.29 is 9.53 Å². The third kappa shape index (κ3) is 4.24. The van der Waals surface area contributed by atoms with Crippen molar-refractivity contribution in [3.63, 3.8) is 0 Å². The lowest BCUT2D eigenvalue weighted by Gasteiger charge is -2.11. The largest absolute Gasteiger partial charge is 0.379 e. The Kier molecular flexibility index (Phi) is 5.21. The lowest BCUT2D eigenvalue weighted by atomic mass is 10.2. The number of carbonyl (C=O) groups excluding carboxylic acids is 1. The molecule has 1 atom stereocenters. The van der Waals surface area contributed by atoms with E-state index in [0.29, 0.717) is 26.3 Å². The van der Waals surface area contributed by atoms with Crippen LogP contribution in [0.2, 0.25) is 0 Å². The van der Waals surface area contributed by atoms with Crippen LogP contribution in [-0.4, -0.2) is 31.8 Å². The van der Waals surface area contributed by atoms with E-state index < -0.39 is 0 Å². The standard InChI is InChI=1S/C13H17N3O2S/c14-5-1-2-10-4-7-19-12(10)8-15-13(17)16-11-3-6-18-9-11/h4,7,11H,3,5-6,8-9,14H2,(H2,15,16,17). The molecule has 2 amide bonds. The average molecular weight is 279 g/mol. The molecule has 1 unspecified atom stereocenters. The van der Waals surface area contributed by atoms with Crippen LogP contribution >= 0.6 is 11.3 Å². The second-order valence-electron chi connectivity index (χ2n) is 4.15. The molecule has 4 N–H and O–H groups in total. The highest BCUT2D eigenvalue weighted by Gasteiger charge is 2.17. The van der Waals surface area contributed by atoms with Gasteiger partial charge in [-0.05, 0) is 17.9 Å². The van der Waals surface area contributed by atoms with E-state index in [0.717, 1.165) is 16.9 Å². The van der Waals surface area contributed by atoms with Crippen LogP contribution < -0.4 is 16.4 Å². The van der Waals surface area contributed by atoms with E-state index >= 15 is 0 Å². The van der Waals surface area contributed by atoms with Gasteiger partial charge in [-0.15, -0.1) is 11.3 Å². The van der Waals surface area contributed by atoms with E-state index in [2.05, 4.69) is 22.5 Å². The van der Waals surface area contributed by atoms with Gasteiger partial charge in [0.25, 0.3) is 0 Å². The van der Waals surface area contributed by atoms with Gasteiger partial charge >= 0.3 is 6.03 Å². The van der Waals surface area contributed by atoms with E-state index in [9.17, 15) is 4.79 Å². The summed E-state index contributed by atoms with van der Waals surface area (Å²) >= 11 is 1.57. The Hall–Kier alpha value is -1.55. The molecule has 0 bridgehead atoms. The van der Waals surface area contributed by atoms with Crippen LogP contribution in [0, 0.1) is 11.8 Å². The van der Waals surface area contributed by atoms with Crippen molar-refractivity contribution in [1.82, 2.24) is 10.6 Å². The van der Waals surface area contributed by atoms with Gasteiger partial charge in [-0.25, -0.2) is 4.79 Å². The number of nitrogens with two attached hydrogens (primary N) is 1. The van der Waals surface area contributed by atoms with Crippen molar-refractivity contribution in [1.29, 1.82) is 0 Å². The summed E-state index contributed by atoms with van der Waals surface area (Å²) in [6, 6.07) is 1.90. The van der Waals surface area contributed by atoms with E-state index in [1.807, 2.05) is 11.4 Å². The Morgan fingerprint density at radius 3 is 3.26 bits per heavy atom. The summed E-state index contributed by atoms with van der Waals surface area (Å²) in [6.07, 6.45) is 0.875. The molecule has 19 heavy (non-hydrogen) atoms. The molecule has 0 aromatic carbocycles. The first-order valence-electron chi connectivity index (χ1n) is 6.17. The number of rotatable bonds is 3. The second-order valence-corrected chi connectivity index (χ2v) is 5.15. The fourth-order valence-electron chi connectivity index (χ4n) is 1.78. The van der Waals surface area contributed by atoms with Gasteiger partial charge in [0, 0.05) is 17.0 Å². The van der Waals surface area contributed by atoms with Crippen LogP contribution in [0.15, 0.2) is 11.4 Å². The highest BCUT2D eigenvalue weighted by atomic mass is 32.1. The van der Waals surface area contributed by atoms with Crippen molar-refractivity contribution in [3.8, 4) is 11.8 Å². The Balaban J connectivity index is 1.81. The van der Waals surface area contributed by atoms with Crippen LogP contribution in [0.5, 0.6) is 0 Å². The number of urea groups is 1. The lowest BCUT2D eigenvalue weighted by Crippen LogP contribution is -2.41. The summed E-state index contributed by atoms with van der Waals surface area (Å²) in [7, 11) is 0. The molecule has 0 radical (unpaired) electrons. The fraction of sp³-hybridized carbons (Fsp3) is 0.462. The molecule has 1 aromatic rings. The first kappa shape index (κ1) is 13.9. The Labute approximate surface area is 116 Å². The summed E-state index contributed by atoms with van der Waals surface area (Å²) in [4.78, 5) is 12.7. The molecule has 0 saturated carbocycles. The zero-order chi connectivity index (χ0) is 13.5. The smallest absolute Gasteiger partial charge is 0.315 e. The maximum atomic E-state index is 11.7. The van der Waals surface area contributed by atoms with E-state index in [1.54, 1.807) is 11.3 Å². The molecule has 1 aliphatic heterocycles. The zero-order valence-electron chi connectivity index (χ0n) is 10.6. The van der Waals surface area contributed by atoms with Crippen LogP contribution in [0.1, 0.15) is 16.9 Å². The van der Waals surface area contributed by atoms with E-state index in [-0.39, 0.29) is 12.1 Å². The number of hydrogen-bond acceptors (Lipinski definition) is 4. The summed E-state index contributed by atoms with van der Waals surface area (Å²) < 4.78 is 5.20. The van der Waals surface area contributed by atoms with Crippen molar-refractivity contribution in [2.75, 3.05) is 19.8 Å². The quantitative estimate of drug-likeness (QED) is 0.711. The van der Waals surface area contributed by atoms with E-state index in [4.69, 9.17) is 10.5 Å². The SMILES string of the molecule is NCC#Cc1ccsc1CNC(=O)NC1CCOC1. The summed E-state index contributed by atoms with van der Waals surface area (Å²) in [5.41, 5.74) is 6.28. The predicted octanol–water partition coefficient (Wildman–Crippen LogP) is 0.646. The molecular weight excluding hydrogens is 262 g/mol. The van der Waals surface area contributed by atoms with Gasteiger partial charge in [0.05, 0.1) is 25.7 Å². The second kappa shape index (κ2) is 7.14. The summed E-state index contributed by atoms with van der Waals surface area (Å²) in [5, 5.41) is 7.67. The van der Waals surface area contributed by atoms with Crippen LogP contribution in [0.3, 0.4) is 0 Å². The number of nitrogens with one attached hydrogen (secondary N) is 2. The molecule has 1 aromatic heterocycles. The normalized spacial score (nSPS) is 17.6. The number of thiophene rings is 1. The summed E-state index contributed by atoms with van der Waals surface area (Å²) in [6.45, 7) is 2.13. The first-order valence-corrected chi connectivity index (χ1v) is 7.05. The maximum absolute atomic E-state index is 11.7. The molecule has 1 saturated heterocycles. The molecule has 6 heteroatoms. The van der Waals surface area contributed by atoms with Crippen molar-refractivity contribution in [2.24, 2.45) is 5.73 Å². The topological polar surface area (TPSA) is 76.4 Å². The fourth-order valence-corrected chi connectivity index (χ4v) is 2.55. The molecule has 2 heterocycles. The third-order valence-electron chi connectivity index (χ3n) is 2.74. The molecular formula is C13H17N3O2S. The minimum atomic E-state index is -0.165. The average Bonchev–Trinajstić information content (AvgIpc) is 3.05. The summed E-state index contributed by atoms with van der Waals surface area (Å²) in [5.74, 6) is 5.81. The molecule has 0 aliphatic carbocycles. The zero-order valence-corrected chi connectivity index (χ0v) is 11.4. The van der Waals surface area contributed by atoms with Gasteiger partial charge in [0.15, 0.2) is 0 Å². The van der Waals surface area contributed by atoms with Gasteiger partial charge in [-0.1, -0.05) is 11.8 Å². The Bertz CT molecular complexity index is 484. The van der Waals surface area contributed by atoms with Gasteiger partial charge in [-0.3, -0.25) is 0 Å². The first-order chi connectivity index (χ1) is 9.29. The van der Waals surface area contributed by atoms with Crippen LogP contribution in [0.4, 0.5) is 4.79 Å². The van der Waals surface area contributed by atoms with Crippen LogP contribution in [-0.2, 0) is 11.3 Å². The maximum Gasteiger partial charge on any atom is 0.315 e. The van der Waals surface area contributed by atoms with Crippen molar-refractivity contribution in [2.45, 2.75) is 19.0 Å². The Morgan fingerprint density at radius 2 is 2.53 bits per heavy atom. The van der Waals surface area contributed by atoms with Crippen LogP contribution in [0.25, 0.3) is 0 Å². The van der Waals surface area contributed by atoms with Crippen molar-refractivity contribution in [3.05, 3.63) is 21.9 Å². The number of carbonyl (C=O) groups is 1. The number of amides is 2. The minimum absolute atomic E-state index is 0.125. The molecule has 102 valence electrons.